The molecule has 0 spiro atoms. The van der Waals surface area contributed by atoms with Crippen LogP contribution < -0.4 is 10.8 Å². The van der Waals surface area contributed by atoms with Crippen molar-refractivity contribution in [1.29, 1.82) is 0 Å². The summed E-state index contributed by atoms with van der Waals surface area (Å²) in [5, 5.41) is 3.38. The zero-order chi connectivity index (χ0) is 24.4. The highest BCUT2D eigenvalue weighted by Crippen LogP contribution is 2.34. The topological polar surface area (TPSA) is 80.7 Å². The standard InChI is InChI=1S/C24H26BrClFN5O3/c25-16-3-4-19(18(26)11-16)29-22-17(24(33)30-35-13-15-1-2-15)12-20-23(21(22)27)28-14-32(20)6-5-31-7-9-34-10-8-31/h3-4,11-12,14-15,29H,1-2,5-10,13H2,(H,30,33). The number of amides is 1. The van der Waals surface area contributed by atoms with E-state index in [9.17, 15) is 4.79 Å². The van der Waals surface area contributed by atoms with E-state index in [1.807, 2.05) is 4.57 Å². The van der Waals surface area contributed by atoms with Gasteiger partial charge in [-0.05, 0) is 43.0 Å². The number of imidazole rings is 1. The van der Waals surface area contributed by atoms with Gasteiger partial charge in [-0.25, -0.2) is 14.9 Å². The second-order valence-corrected chi connectivity index (χ2v) is 10.1. The molecule has 2 aliphatic rings. The second-order valence-electron chi connectivity index (χ2n) is 8.81. The van der Waals surface area contributed by atoms with Crippen LogP contribution in [0.5, 0.6) is 0 Å². The third-order valence-electron chi connectivity index (χ3n) is 6.23. The van der Waals surface area contributed by atoms with Crippen LogP contribution in [0.2, 0.25) is 5.02 Å². The van der Waals surface area contributed by atoms with Crippen molar-refractivity contribution in [2.24, 2.45) is 5.92 Å². The van der Waals surface area contributed by atoms with Gasteiger partial charge in [0.25, 0.3) is 5.91 Å². The number of aromatic nitrogens is 2. The van der Waals surface area contributed by atoms with Crippen LogP contribution in [0, 0.1) is 11.7 Å². The van der Waals surface area contributed by atoms with Crippen molar-refractivity contribution in [2.45, 2.75) is 19.4 Å². The van der Waals surface area contributed by atoms with Gasteiger partial charge in [-0.15, -0.1) is 0 Å². The first-order chi connectivity index (χ1) is 17.0. The molecule has 0 unspecified atom stereocenters. The number of nitrogens with one attached hydrogen (secondary N) is 2. The summed E-state index contributed by atoms with van der Waals surface area (Å²) >= 11 is 9.72. The Bertz CT molecular complexity index is 1230. The Kier molecular flexibility index (Phi) is 7.54. The number of hydrogen-bond donors (Lipinski definition) is 2. The van der Waals surface area contributed by atoms with Gasteiger partial charge in [-0.3, -0.25) is 14.5 Å². The molecule has 3 aromatic rings. The van der Waals surface area contributed by atoms with E-state index >= 15 is 4.39 Å². The number of benzene rings is 2. The summed E-state index contributed by atoms with van der Waals surface area (Å²) in [5.74, 6) is -0.697. The maximum atomic E-state index is 15.8. The van der Waals surface area contributed by atoms with E-state index in [4.69, 9.17) is 21.2 Å². The molecular weight excluding hydrogens is 541 g/mol. The van der Waals surface area contributed by atoms with E-state index in [1.54, 1.807) is 30.6 Å². The van der Waals surface area contributed by atoms with E-state index in [2.05, 4.69) is 36.6 Å². The van der Waals surface area contributed by atoms with Crippen molar-refractivity contribution in [3.63, 3.8) is 0 Å². The van der Waals surface area contributed by atoms with Gasteiger partial charge in [-0.1, -0.05) is 27.5 Å². The van der Waals surface area contributed by atoms with Crippen LogP contribution in [0.1, 0.15) is 23.2 Å². The first kappa shape index (κ1) is 24.5. The predicted molar refractivity (Wildman–Crippen MR) is 136 cm³/mol. The Balaban J connectivity index is 1.46. The van der Waals surface area contributed by atoms with Crippen LogP contribution in [-0.2, 0) is 16.1 Å². The molecule has 11 heteroatoms. The van der Waals surface area contributed by atoms with Crippen molar-refractivity contribution >= 4 is 55.8 Å². The average molecular weight is 567 g/mol. The van der Waals surface area contributed by atoms with Crippen molar-refractivity contribution < 1.29 is 18.8 Å². The summed E-state index contributed by atoms with van der Waals surface area (Å²) in [5.41, 5.74) is 3.75. The zero-order valence-electron chi connectivity index (χ0n) is 19.0. The third kappa shape index (κ3) is 5.78. The number of halogens is 3. The van der Waals surface area contributed by atoms with Crippen LogP contribution in [0.25, 0.3) is 11.0 Å². The molecule has 2 aromatic carbocycles. The van der Waals surface area contributed by atoms with Crippen LogP contribution >= 0.6 is 27.5 Å². The van der Waals surface area contributed by atoms with Gasteiger partial charge in [0.2, 0.25) is 0 Å². The minimum atomic E-state index is -0.626. The van der Waals surface area contributed by atoms with Gasteiger partial charge in [0, 0.05) is 30.7 Å². The van der Waals surface area contributed by atoms with E-state index in [0.717, 1.165) is 36.9 Å². The maximum Gasteiger partial charge on any atom is 0.277 e. The molecule has 1 amide bonds. The Morgan fingerprint density at radius 3 is 2.80 bits per heavy atom. The molecule has 8 nitrogen and oxygen atoms in total. The quantitative estimate of drug-likeness (QED) is 0.364. The lowest BCUT2D eigenvalue weighted by atomic mass is 10.1. The number of nitrogens with zero attached hydrogens (tertiary/aromatic N) is 3. The minimum Gasteiger partial charge on any atom is -0.379 e. The molecule has 1 saturated heterocycles. The van der Waals surface area contributed by atoms with E-state index < -0.39 is 11.7 Å². The van der Waals surface area contributed by atoms with Crippen LogP contribution in [0.15, 0.2) is 35.1 Å². The molecule has 2 heterocycles. The molecule has 1 aromatic heterocycles. The molecule has 1 saturated carbocycles. The fourth-order valence-electron chi connectivity index (χ4n) is 4.00. The molecule has 35 heavy (non-hydrogen) atoms. The summed E-state index contributed by atoms with van der Waals surface area (Å²) in [4.78, 5) is 25.1. The summed E-state index contributed by atoms with van der Waals surface area (Å²) in [6.07, 6.45) is 3.79. The number of ether oxygens (including phenoxy) is 1. The van der Waals surface area contributed by atoms with Crippen molar-refractivity contribution in [3.8, 4) is 0 Å². The molecule has 2 N–H and O–H groups in total. The molecular formula is C24H26BrClFN5O3. The van der Waals surface area contributed by atoms with E-state index in [1.165, 1.54) is 0 Å². The van der Waals surface area contributed by atoms with Gasteiger partial charge in [0.05, 0.1) is 53.6 Å². The summed E-state index contributed by atoms with van der Waals surface area (Å²) in [6, 6.07) is 6.83. The molecule has 2 fully saturated rings. The number of rotatable bonds is 9. The number of fused-ring (bicyclic) bond motifs is 1. The first-order valence-corrected chi connectivity index (χ1v) is 12.8. The Labute approximate surface area is 215 Å². The van der Waals surface area contributed by atoms with Gasteiger partial charge in [0.15, 0.2) is 5.82 Å². The van der Waals surface area contributed by atoms with Crippen LogP contribution in [-0.4, -0.2) is 59.8 Å². The highest BCUT2D eigenvalue weighted by atomic mass is 79.9. The lowest BCUT2D eigenvalue weighted by molar-refractivity contribution is 0.0271. The monoisotopic (exact) mass is 565 g/mol. The van der Waals surface area contributed by atoms with Crippen molar-refractivity contribution in [3.05, 3.63) is 51.5 Å². The second kappa shape index (κ2) is 10.8. The molecule has 186 valence electrons. The molecule has 0 radical (unpaired) electrons. The molecule has 1 aliphatic heterocycles. The lowest BCUT2D eigenvalue weighted by Crippen LogP contribution is -2.38. The Morgan fingerprint density at radius 2 is 2.06 bits per heavy atom. The van der Waals surface area contributed by atoms with Gasteiger partial charge >= 0.3 is 0 Å². The number of carbonyl (C=O) groups excluding carboxylic acids is 1. The molecule has 1 aliphatic carbocycles. The van der Waals surface area contributed by atoms with Crippen LogP contribution in [0.4, 0.5) is 15.8 Å². The van der Waals surface area contributed by atoms with Crippen LogP contribution in [0.3, 0.4) is 0 Å². The summed E-state index contributed by atoms with van der Waals surface area (Å²) in [7, 11) is 0. The van der Waals surface area contributed by atoms with Gasteiger partial charge < -0.3 is 14.6 Å². The summed E-state index contributed by atoms with van der Waals surface area (Å²) in [6.45, 7) is 4.95. The number of carbonyl (C=O) groups is 1. The Hall–Kier alpha value is -2.24. The molecule has 0 bridgehead atoms. The SMILES string of the molecule is O=C(NOCC1CC1)c1cc2c(ncn2CCN2CCOCC2)c(F)c1Nc1ccc(Br)cc1Cl. The van der Waals surface area contributed by atoms with Crippen molar-refractivity contribution in [1.82, 2.24) is 19.9 Å². The molecule has 5 rings (SSSR count). The highest BCUT2D eigenvalue weighted by molar-refractivity contribution is 9.10. The number of hydrogen-bond acceptors (Lipinski definition) is 6. The first-order valence-electron chi connectivity index (χ1n) is 11.6. The smallest absolute Gasteiger partial charge is 0.277 e. The zero-order valence-corrected chi connectivity index (χ0v) is 21.4. The number of morpholine rings is 1. The number of anilines is 2. The van der Waals surface area contributed by atoms with E-state index in [-0.39, 0.29) is 16.8 Å². The largest absolute Gasteiger partial charge is 0.379 e. The van der Waals surface area contributed by atoms with Gasteiger partial charge in [0.1, 0.15) is 5.52 Å². The number of hydroxylamine groups is 1. The molecule has 0 atom stereocenters. The van der Waals surface area contributed by atoms with Gasteiger partial charge in [-0.2, -0.15) is 0 Å². The fraction of sp³-hybridized carbons (Fsp3) is 0.417. The lowest BCUT2D eigenvalue weighted by Gasteiger charge is -2.26. The highest BCUT2D eigenvalue weighted by Gasteiger charge is 2.25. The van der Waals surface area contributed by atoms with E-state index in [0.29, 0.717) is 48.5 Å². The Morgan fingerprint density at radius 1 is 1.26 bits per heavy atom. The van der Waals surface area contributed by atoms with Crippen molar-refractivity contribution in [2.75, 3.05) is 44.8 Å². The normalized spacial score (nSPS) is 16.5. The average Bonchev–Trinajstić information content (AvgIpc) is 3.59. The third-order valence-corrected chi connectivity index (χ3v) is 7.04. The fourth-order valence-corrected chi connectivity index (χ4v) is 4.72. The minimum absolute atomic E-state index is 0.00678. The maximum absolute atomic E-state index is 15.8. The predicted octanol–water partition coefficient (Wildman–Crippen LogP) is 4.74. The summed E-state index contributed by atoms with van der Waals surface area (Å²) < 4.78 is 23.9.